The zero-order valence-corrected chi connectivity index (χ0v) is 8.33. The molecule has 1 rings (SSSR count). The minimum atomic E-state index is -0.943. The molecule has 2 nitrogen and oxygen atoms in total. The van der Waals surface area contributed by atoms with Gasteiger partial charge in [-0.15, -0.1) is 0 Å². The number of ether oxygens (including phenoxy) is 1. The van der Waals surface area contributed by atoms with Gasteiger partial charge in [-0.1, -0.05) is 13.0 Å². The summed E-state index contributed by atoms with van der Waals surface area (Å²) >= 11 is 0. The van der Waals surface area contributed by atoms with Crippen LogP contribution in [0.2, 0.25) is 0 Å². The lowest BCUT2D eigenvalue weighted by Crippen LogP contribution is -2.11. The second-order valence-corrected chi connectivity index (χ2v) is 3.28. The smallest absolute Gasteiger partial charge is 0.231 e. The average molecular weight is 179 g/mol. The molecular weight excluding hydrogens is 164 g/mol. The summed E-state index contributed by atoms with van der Waals surface area (Å²) in [6, 6.07) is 5.82. The van der Waals surface area contributed by atoms with E-state index in [9.17, 15) is 5.11 Å². The van der Waals surface area contributed by atoms with Gasteiger partial charge < -0.3 is 4.74 Å². The molecule has 13 heavy (non-hydrogen) atoms. The number of hydrogen-bond donors (Lipinski definition) is 0. The molecule has 0 aromatic heterocycles. The van der Waals surface area contributed by atoms with Gasteiger partial charge in [0, 0.05) is 6.42 Å². The number of rotatable bonds is 3. The Kier molecular flexibility index (Phi) is 3.32. The molecule has 71 valence electrons. The molecule has 1 atom stereocenters. The predicted molar refractivity (Wildman–Crippen MR) is 51.3 cm³/mol. The van der Waals surface area contributed by atoms with E-state index in [0.29, 0.717) is 12.2 Å². The van der Waals surface area contributed by atoms with Crippen LogP contribution in [0.5, 0.6) is 5.75 Å². The third kappa shape index (κ3) is 3.07. The molecule has 0 fully saturated rings. The zero-order valence-electron chi connectivity index (χ0n) is 8.33. The molecule has 0 N–H and O–H groups in total. The van der Waals surface area contributed by atoms with E-state index in [4.69, 9.17) is 4.74 Å². The highest BCUT2D eigenvalue weighted by atomic mass is 16.6. The predicted octanol–water partition coefficient (Wildman–Crippen LogP) is 2.85. The van der Waals surface area contributed by atoms with Crippen molar-refractivity contribution in [1.82, 2.24) is 0 Å². The first-order chi connectivity index (χ1) is 6.11. The average Bonchev–Trinajstić information content (AvgIpc) is 2.02. The Morgan fingerprint density at radius 2 is 1.77 bits per heavy atom. The SMILES string of the molecule is CCC([O])Oc1cc(C)cc(C)c1. The van der Waals surface area contributed by atoms with E-state index in [2.05, 4.69) is 6.07 Å². The van der Waals surface area contributed by atoms with Gasteiger partial charge in [-0.05, 0) is 37.1 Å². The summed E-state index contributed by atoms with van der Waals surface area (Å²) in [6.45, 7) is 5.80. The van der Waals surface area contributed by atoms with Gasteiger partial charge in [0.15, 0.2) is 0 Å². The molecule has 0 bridgehead atoms. The fourth-order valence-corrected chi connectivity index (χ4v) is 1.24. The van der Waals surface area contributed by atoms with E-state index in [0.717, 1.165) is 11.1 Å². The van der Waals surface area contributed by atoms with Crippen molar-refractivity contribution >= 4 is 0 Å². The molecule has 1 aromatic rings. The number of aryl methyl sites for hydroxylation is 2. The minimum absolute atomic E-state index is 0.493. The van der Waals surface area contributed by atoms with Crippen LogP contribution in [0.25, 0.3) is 0 Å². The van der Waals surface area contributed by atoms with Gasteiger partial charge >= 0.3 is 0 Å². The van der Waals surface area contributed by atoms with Crippen molar-refractivity contribution in [3.63, 3.8) is 0 Å². The Bertz CT molecular complexity index is 261. The lowest BCUT2D eigenvalue weighted by atomic mass is 10.1. The maximum atomic E-state index is 11.1. The van der Waals surface area contributed by atoms with Crippen LogP contribution in [0.1, 0.15) is 24.5 Å². The Morgan fingerprint density at radius 1 is 1.23 bits per heavy atom. The number of hydrogen-bond acceptors (Lipinski definition) is 1. The highest BCUT2D eigenvalue weighted by Crippen LogP contribution is 2.17. The standard InChI is InChI=1S/C11H15O2/c1-4-11(12)13-10-6-8(2)5-9(3)7-10/h5-7,11H,4H2,1-3H3. The Balaban J connectivity index is 2.77. The van der Waals surface area contributed by atoms with Crippen molar-refractivity contribution in [2.75, 3.05) is 0 Å². The summed E-state index contributed by atoms with van der Waals surface area (Å²) in [6.07, 6.45) is -0.450. The van der Waals surface area contributed by atoms with E-state index >= 15 is 0 Å². The van der Waals surface area contributed by atoms with Crippen molar-refractivity contribution in [2.24, 2.45) is 0 Å². The lowest BCUT2D eigenvalue weighted by Gasteiger charge is -2.10. The van der Waals surface area contributed by atoms with Crippen molar-refractivity contribution in [2.45, 2.75) is 33.5 Å². The van der Waals surface area contributed by atoms with Gasteiger partial charge in [-0.2, -0.15) is 5.11 Å². The molecule has 1 aromatic carbocycles. The monoisotopic (exact) mass is 179 g/mol. The van der Waals surface area contributed by atoms with Gasteiger partial charge in [0.1, 0.15) is 5.75 Å². The summed E-state index contributed by atoms with van der Waals surface area (Å²) in [5, 5.41) is 11.1. The molecule has 0 heterocycles. The summed E-state index contributed by atoms with van der Waals surface area (Å²) in [5.74, 6) is 0.680. The fraction of sp³-hybridized carbons (Fsp3) is 0.455. The first kappa shape index (κ1) is 10.1. The maximum Gasteiger partial charge on any atom is 0.231 e. The lowest BCUT2D eigenvalue weighted by molar-refractivity contribution is -0.0721. The molecule has 0 aliphatic rings. The van der Waals surface area contributed by atoms with Crippen LogP contribution in [0, 0.1) is 13.8 Å². The molecule has 1 unspecified atom stereocenters. The normalized spacial score (nSPS) is 12.6. The molecular formula is C11H15O2. The van der Waals surface area contributed by atoms with Crippen LogP contribution in [0.4, 0.5) is 0 Å². The van der Waals surface area contributed by atoms with Crippen molar-refractivity contribution < 1.29 is 9.84 Å². The summed E-state index contributed by atoms with van der Waals surface area (Å²) in [7, 11) is 0. The van der Waals surface area contributed by atoms with Gasteiger partial charge in [0.05, 0.1) is 0 Å². The van der Waals surface area contributed by atoms with Crippen LogP contribution >= 0.6 is 0 Å². The second kappa shape index (κ2) is 4.28. The molecule has 1 radical (unpaired) electrons. The van der Waals surface area contributed by atoms with E-state index in [1.807, 2.05) is 32.9 Å². The van der Waals surface area contributed by atoms with E-state index in [1.54, 1.807) is 0 Å². The second-order valence-electron chi connectivity index (χ2n) is 3.28. The minimum Gasteiger partial charge on any atom is -0.462 e. The van der Waals surface area contributed by atoms with Crippen LogP contribution in [-0.2, 0) is 5.11 Å². The van der Waals surface area contributed by atoms with Crippen molar-refractivity contribution in [3.8, 4) is 5.75 Å². The van der Waals surface area contributed by atoms with Crippen LogP contribution < -0.4 is 4.74 Å². The van der Waals surface area contributed by atoms with E-state index in [1.165, 1.54) is 0 Å². The molecule has 0 aliphatic carbocycles. The van der Waals surface area contributed by atoms with Crippen molar-refractivity contribution in [3.05, 3.63) is 29.3 Å². The third-order valence-electron chi connectivity index (χ3n) is 1.80. The maximum absolute atomic E-state index is 11.1. The summed E-state index contributed by atoms with van der Waals surface area (Å²) < 4.78 is 5.17. The van der Waals surface area contributed by atoms with Gasteiger partial charge in [-0.25, -0.2) is 0 Å². The quantitative estimate of drug-likeness (QED) is 0.656. The fourth-order valence-electron chi connectivity index (χ4n) is 1.24. The van der Waals surface area contributed by atoms with Gasteiger partial charge in [0.25, 0.3) is 0 Å². The van der Waals surface area contributed by atoms with Crippen LogP contribution in [0.3, 0.4) is 0 Å². The first-order valence-corrected chi connectivity index (χ1v) is 4.52. The first-order valence-electron chi connectivity index (χ1n) is 4.52. The highest BCUT2D eigenvalue weighted by molar-refractivity contribution is 5.32. The van der Waals surface area contributed by atoms with Gasteiger partial charge in [0.2, 0.25) is 6.29 Å². The molecule has 2 heteroatoms. The molecule has 0 spiro atoms. The zero-order chi connectivity index (χ0) is 9.84. The number of benzene rings is 1. The molecule has 0 saturated carbocycles. The Morgan fingerprint density at radius 3 is 2.23 bits per heavy atom. The van der Waals surface area contributed by atoms with Crippen LogP contribution in [-0.4, -0.2) is 6.29 Å². The van der Waals surface area contributed by atoms with E-state index < -0.39 is 6.29 Å². The highest BCUT2D eigenvalue weighted by Gasteiger charge is 2.04. The topological polar surface area (TPSA) is 29.1 Å². The van der Waals surface area contributed by atoms with E-state index in [-0.39, 0.29) is 0 Å². The Labute approximate surface area is 79.2 Å². The largest absolute Gasteiger partial charge is 0.462 e. The summed E-state index contributed by atoms with van der Waals surface area (Å²) in [4.78, 5) is 0. The van der Waals surface area contributed by atoms with Crippen LogP contribution in [0.15, 0.2) is 18.2 Å². The molecule has 0 amide bonds. The Hall–Kier alpha value is -1.02. The summed E-state index contributed by atoms with van der Waals surface area (Å²) in [5.41, 5.74) is 2.25. The molecule has 0 aliphatic heterocycles. The van der Waals surface area contributed by atoms with Crippen molar-refractivity contribution in [1.29, 1.82) is 0 Å². The molecule has 0 saturated heterocycles. The van der Waals surface area contributed by atoms with Gasteiger partial charge in [-0.3, -0.25) is 0 Å². The third-order valence-corrected chi connectivity index (χ3v) is 1.80.